The second kappa shape index (κ2) is 10.6. The number of benzene rings is 1. The van der Waals surface area contributed by atoms with Crippen LogP contribution in [0.5, 0.6) is 6.01 Å². The van der Waals surface area contributed by atoms with Gasteiger partial charge in [-0.05, 0) is 39.1 Å². The Kier molecular flexibility index (Phi) is 8.01. The summed E-state index contributed by atoms with van der Waals surface area (Å²) in [5, 5.41) is 6.17. The van der Waals surface area contributed by atoms with Gasteiger partial charge in [-0.1, -0.05) is 30.3 Å². The number of urea groups is 1. The first-order valence-corrected chi connectivity index (χ1v) is 11.1. The van der Waals surface area contributed by atoms with E-state index in [0.717, 1.165) is 22.9 Å². The largest absolute Gasteiger partial charge is 0.467 e. The maximum absolute atomic E-state index is 14.3. The summed E-state index contributed by atoms with van der Waals surface area (Å²) in [5.41, 5.74) is 2.39. The van der Waals surface area contributed by atoms with E-state index in [9.17, 15) is 9.18 Å². The summed E-state index contributed by atoms with van der Waals surface area (Å²) in [5.74, 6) is -0.125. The Bertz CT molecular complexity index is 1140. The van der Waals surface area contributed by atoms with Crippen LogP contribution in [0.3, 0.4) is 0 Å². The molecule has 2 amide bonds. The van der Waals surface area contributed by atoms with Crippen LogP contribution < -0.4 is 15.4 Å². The topological polar surface area (TPSA) is 95.0 Å². The number of rotatable bonds is 6. The standard InChI is InChI=1S/C24H30FN7O2.H2S/c1-24(2)17-11-26-20(29-21-18(25)12-27-22(30-21)34-5)16(17)13-32(24)23(33)28-19(14-31(3)4)15-9-7-6-8-10-15;/h6-10,12,19H,11,13-14H2,1-5H3,(H,28,33)(H,26,27,29,30);1H2/t19-;/m1./s1. The maximum atomic E-state index is 14.3. The van der Waals surface area contributed by atoms with Crippen LogP contribution in [0.25, 0.3) is 0 Å². The first kappa shape index (κ1) is 26.4. The van der Waals surface area contributed by atoms with Crippen LogP contribution in [-0.4, -0.2) is 78.0 Å². The number of amides is 2. The van der Waals surface area contributed by atoms with Crippen molar-refractivity contribution in [3.63, 3.8) is 0 Å². The van der Waals surface area contributed by atoms with Crippen molar-refractivity contribution in [1.82, 2.24) is 25.1 Å². The zero-order valence-corrected chi connectivity index (χ0v) is 21.6. The second-order valence-corrected chi connectivity index (χ2v) is 9.12. The number of carbonyl (C=O) groups is 1. The number of hydrogen-bond donors (Lipinski definition) is 2. The summed E-state index contributed by atoms with van der Waals surface area (Å²) < 4.78 is 19.3. The van der Waals surface area contributed by atoms with Gasteiger partial charge in [0, 0.05) is 12.1 Å². The quantitative estimate of drug-likeness (QED) is 0.632. The first-order valence-electron chi connectivity index (χ1n) is 11.1. The van der Waals surface area contributed by atoms with Gasteiger partial charge in [-0.2, -0.15) is 18.5 Å². The van der Waals surface area contributed by atoms with Crippen LogP contribution in [0.4, 0.5) is 15.0 Å². The van der Waals surface area contributed by atoms with Crippen LogP contribution in [0, 0.1) is 5.82 Å². The molecule has 0 saturated carbocycles. The molecule has 1 aromatic heterocycles. The highest BCUT2D eigenvalue weighted by Gasteiger charge is 2.45. The highest BCUT2D eigenvalue weighted by atomic mass is 32.1. The molecule has 11 heteroatoms. The van der Waals surface area contributed by atoms with Crippen LogP contribution in [0.1, 0.15) is 25.5 Å². The Labute approximate surface area is 211 Å². The van der Waals surface area contributed by atoms with Crippen LogP contribution in [0.15, 0.2) is 52.7 Å². The van der Waals surface area contributed by atoms with Crippen molar-refractivity contribution in [2.45, 2.75) is 25.4 Å². The van der Waals surface area contributed by atoms with Crippen LogP contribution >= 0.6 is 13.5 Å². The molecule has 188 valence electrons. The fourth-order valence-electron chi connectivity index (χ4n) is 4.35. The Morgan fingerprint density at radius 1 is 1.29 bits per heavy atom. The predicted octanol–water partition coefficient (Wildman–Crippen LogP) is 2.96. The number of amidine groups is 1. The lowest BCUT2D eigenvalue weighted by molar-refractivity contribution is 0.165. The lowest BCUT2D eigenvalue weighted by Crippen LogP contribution is -2.52. The molecule has 4 rings (SSSR count). The number of nitrogens with one attached hydrogen (secondary N) is 2. The number of carbonyl (C=O) groups excluding carboxylic acids is 1. The highest BCUT2D eigenvalue weighted by molar-refractivity contribution is 7.59. The molecule has 0 unspecified atom stereocenters. The van der Waals surface area contributed by atoms with Gasteiger partial charge in [-0.15, -0.1) is 0 Å². The molecular weight excluding hydrogens is 469 g/mol. The van der Waals surface area contributed by atoms with Gasteiger partial charge >= 0.3 is 12.0 Å². The number of anilines is 1. The third-order valence-electron chi connectivity index (χ3n) is 6.21. The number of hydrogen-bond acceptors (Lipinski definition) is 7. The van der Waals surface area contributed by atoms with Gasteiger partial charge in [0.15, 0.2) is 11.6 Å². The molecule has 2 aliphatic rings. The average molecular weight is 502 g/mol. The molecule has 9 nitrogen and oxygen atoms in total. The number of ether oxygens (including phenoxy) is 1. The Morgan fingerprint density at radius 2 is 2.00 bits per heavy atom. The van der Waals surface area contributed by atoms with E-state index in [1.54, 1.807) is 4.90 Å². The average Bonchev–Trinajstić information content (AvgIpc) is 3.33. The third kappa shape index (κ3) is 5.40. The maximum Gasteiger partial charge on any atom is 0.318 e. The molecule has 0 saturated heterocycles. The molecule has 3 heterocycles. The summed E-state index contributed by atoms with van der Waals surface area (Å²) in [7, 11) is 5.38. The summed E-state index contributed by atoms with van der Waals surface area (Å²) in [6, 6.07) is 9.65. The van der Waals surface area contributed by atoms with Gasteiger partial charge in [0.25, 0.3) is 0 Å². The lowest BCUT2D eigenvalue weighted by Gasteiger charge is -2.36. The van der Waals surface area contributed by atoms with Crippen LogP contribution in [0.2, 0.25) is 0 Å². The molecule has 2 aliphatic heterocycles. The molecule has 1 aromatic carbocycles. The molecule has 0 radical (unpaired) electrons. The zero-order valence-electron chi connectivity index (χ0n) is 20.6. The Balaban J connectivity index is 0.00000342. The van der Waals surface area contributed by atoms with E-state index in [4.69, 9.17) is 4.74 Å². The zero-order chi connectivity index (χ0) is 24.5. The SMILES string of the molecule is COc1ncc(F)c(NC2=NCC3=C2CN(C(=O)N[C@H](CN(C)C)c2ccccc2)C3(C)C)n1.S. The number of halogens is 1. The number of nitrogens with zero attached hydrogens (tertiary/aromatic N) is 5. The molecule has 0 bridgehead atoms. The molecule has 0 aliphatic carbocycles. The van der Waals surface area contributed by atoms with Crippen molar-refractivity contribution < 1.29 is 13.9 Å². The minimum atomic E-state index is -0.612. The summed E-state index contributed by atoms with van der Waals surface area (Å²) in [6.07, 6.45) is 1.05. The fourth-order valence-corrected chi connectivity index (χ4v) is 4.35. The lowest BCUT2D eigenvalue weighted by atomic mass is 9.94. The molecule has 2 N–H and O–H groups in total. The molecular formula is C24H32FN7O2S. The number of likely N-dealkylation sites (N-methyl/N-ethyl adjacent to an activating group) is 1. The van der Waals surface area contributed by atoms with Gasteiger partial charge in [-0.25, -0.2) is 14.2 Å². The van der Waals surface area contributed by atoms with Crippen molar-refractivity contribution in [1.29, 1.82) is 0 Å². The second-order valence-electron chi connectivity index (χ2n) is 9.12. The van der Waals surface area contributed by atoms with E-state index in [1.807, 2.05) is 63.2 Å². The van der Waals surface area contributed by atoms with Crippen molar-refractivity contribution in [3.05, 3.63) is 59.1 Å². The van der Waals surface area contributed by atoms with Gasteiger partial charge in [0.05, 0.1) is 38.0 Å². The van der Waals surface area contributed by atoms with Crippen LogP contribution in [-0.2, 0) is 0 Å². The van der Waals surface area contributed by atoms with E-state index in [1.165, 1.54) is 7.11 Å². The van der Waals surface area contributed by atoms with Crippen molar-refractivity contribution in [2.75, 3.05) is 46.2 Å². The van der Waals surface area contributed by atoms with E-state index in [2.05, 4.69) is 25.6 Å². The van der Waals surface area contributed by atoms with E-state index in [0.29, 0.717) is 25.5 Å². The smallest absolute Gasteiger partial charge is 0.318 e. The van der Waals surface area contributed by atoms with Crippen molar-refractivity contribution in [3.8, 4) is 6.01 Å². The Hall–Kier alpha value is -3.18. The third-order valence-corrected chi connectivity index (χ3v) is 6.21. The van der Waals surface area contributed by atoms with Gasteiger partial charge in [-0.3, -0.25) is 4.99 Å². The number of methoxy groups -OCH3 is 1. The predicted molar refractivity (Wildman–Crippen MR) is 139 cm³/mol. The van der Waals surface area contributed by atoms with E-state index < -0.39 is 11.4 Å². The summed E-state index contributed by atoms with van der Waals surface area (Å²) >= 11 is 0. The molecule has 35 heavy (non-hydrogen) atoms. The van der Waals surface area contributed by atoms with E-state index >= 15 is 0 Å². The monoisotopic (exact) mass is 501 g/mol. The van der Waals surface area contributed by atoms with Gasteiger partial charge in [0.1, 0.15) is 5.84 Å². The normalized spacial score (nSPS) is 17.0. The molecule has 0 fully saturated rings. The van der Waals surface area contributed by atoms with Gasteiger partial charge < -0.3 is 25.2 Å². The summed E-state index contributed by atoms with van der Waals surface area (Å²) in [4.78, 5) is 29.7. The highest BCUT2D eigenvalue weighted by Crippen LogP contribution is 2.38. The van der Waals surface area contributed by atoms with E-state index in [-0.39, 0.29) is 37.4 Å². The van der Waals surface area contributed by atoms with Crippen molar-refractivity contribution >= 4 is 31.2 Å². The molecule has 2 aromatic rings. The summed E-state index contributed by atoms with van der Waals surface area (Å²) in [6.45, 7) is 5.46. The minimum absolute atomic E-state index is 0. The molecule has 0 spiro atoms. The molecule has 1 atom stereocenters. The minimum Gasteiger partial charge on any atom is -0.467 e. The van der Waals surface area contributed by atoms with Crippen molar-refractivity contribution in [2.24, 2.45) is 4.99 Å². The number of aromatic nitrogens is 2. The first-order chi connectivity index (χ1) is 16.2. The van der Waals surface area contributed by atoms with Gasteiger partial charge in [0.2, 0.25) is 0 Å². The fraction of sp³-hybridized carbons (Fsp3) is 0.417. The number of aliphatic imine (C=N–C) groups is 1. The Morgan fingerprint density at radius 3 is 2.66 bits per heavy atom.